The molecule has 0 bridgehead atoms. The maximum atomic E-state index is 12.1. The number of carboxylic acids is 1. The number of carbonyl (C=O) groups excluding carboxylic acids is 7. The number of esters is 1. The summed E-state index contributed by atoms with van der Waals surface area (Å²) in [4.78, 5) is 92.4. The average Bonchev–Trinajstić information content (AvgIpc) is 3.07. The van der Waals surface area contributed by atoms with Gasteiger partial charge < -0.3 is 59.5 Å². The van der Waals surface area contributed by atoms with E-state index < -0.39 is 78.2 Å². The van der Waals surface area contributed by atoms with Crippen molar-refractivity contribution < 1.29 is 78.1 Å². The van der Waals surface area contributed by atoms with Crippen molar-refractivity contribution >= 4 is 47.1 Å². The SMILES string of the molecule is C[C@H](N)C(=O)N[C@@H](C)C(=O)C[C@@H](C)C(=O)NCOCC(=O)O.C[C@H](N)C(=O)N[C@@H](C)C(=O)C[C@@H](C)C(=O)NCOCC(=O)OCc1ccccc1.[CH3-].[Pd]. The molecule has 18 nitrogen and oxygen atoms in total. The van der Waals surface area contributed by atoms with Crippen LogP contribution in [-0.2, 0) is 79.6 Å². The first-order valence-corrected chi connectivity index (χ1v) is 16.1. The number of hydrogen-bond acceptors (Lipinski definition) is 13. The summed E-state index contributed by atoms with van der Waals surface area (Å²) in [6.07, 6.45) is -0.115. The number of rotatable bonds is 22. The number of carboxylic acid groups (broad SMARTS) is 1. The fourth-order valence-corrected chi connectivity index (χ4v) is 3.64. The number of ketones is 2. The average molecular weight is 846 g/mol. The number of aliphatic carboxylic acids is 1. The third kappa shape index (κ3) is 25.5. The van der Waals surface area contributed by atoms with Gasteiger partial charge in [0.05, 0.1) is 24.2 Å². The number of amides is 4. The number of benzene rings is 1. The minimum atomic E-state index is -1.14. The smallest absolute Gasteiger partial charge is 0.332 e. The standard InChI is InChI=1S/C20H29N3O6.C13H23N3O6.CH3.Pd/c1-13(9-17(24)15(3)23-20(27)14(2)21)19(26)22-12-28-11-18(25)29-10-16-7-5-4-6-8-16;1-7(12(20)15-6-22-5-11(18)19)4-10(17)9(3)16-13(21)8(2)14;;/h4-8,13-15H,9-12,21H2,1-3H3,(H,22,26)(H,23,27);7-9H,4-6,14H2,1-3H3,(H,15,20)(H,16,21)(H,18,19);1H3;/q;;-1;/t13-,14+,15+;7-,8+,9+;;/m11../s1. The van der Waals surface area contributed by atoms with Crippen LogP contribution in [0.4, 0.5) is 0 Å². The van der Waals surface area contributed by atoms with Crippen LogP contribution in [0.3, 0.4) is 0 Å². The van der Waals surface area contributed by atoms with Crippen molar-refractivity contribution in [3.8, 4) is 0 Å². The fourth-order valence-electron chi connectivity index (χ4n) is 3.64. The molecule has 9 N–H and O–H groups in total. The molecule has 53 heavy (non-hydrogen) atoms. The summed E-state index contributed by atoms with van der Waals surface area (Å²) in [5, 5.41) is 18.1. The predicted octanol–water partition coefficient (Wildman–Crippen LogP) is -0.676. The van der Waals surface area contributed by atoms with E-state index in [1.807, 2.05) is 30.3 Å². The third-order valence-electron chi connectivity index (χ3n) is 6.81. The van der Waals surface area contributed by atoms with Crippen molar-refractivity contribution in [2.75, 3.05) is 26.7 Å². The molecule has 0 aliphatic heterocycles. The molecule has 0 heterocycles. The van der Waals surface area contributed by atoms with Crippen LogP contribution in [0, 0.1) is 19.3 Å². The van der Waals surface area contributed by atoms with Crippen LogP contribution < -0.4 is 32.7 Å². The van der Waals surface area contributed by atoms with Gasteiger partial charge in [-0.05, 0) is 33.3 Å². The van der Waals surface area contributed by atoms with Crippen LogP contribution in [-0.4, -0.2) is 103 Å². The summed E-state index contributed by atoms with van der Waals surface area (Å²) < 4.78 is 14.8. The van der Waals surface area contributed by atoms with E-state index in [2.05, 4.69) is 26.0 Å². The summed E-state index contributed by atoms with van der Waals surface area (Å²) in [5.41, 5.74) is 11.7. The van der Waals surface area contributed by atoms with Gasteiger partial charge in [0, 0.05) is 45.1 Å². The van der Waals surface area contributed by atoms with E-state index in [4.69, 9.17) is 26.0 Å². The first-order chi connectivity index (χ1) is 23.8. The van der Waals surface area contributed by atoms with E-state index in [1.54, 1.807) is 13.8 Å². The molecule has 19 heteroatoms. The molecule has 0 unspecified atom stereocenters. The van der Waals surface area contributed by atoms with Gasteiger partial charge in [-0.2, -0.15) is 0 Å². The Morgan fingerprint density at radius 1 is 0.660 bits per heavy atom. The molecule has 0 saturated carbocycles. The second-order valence-corrected chi connectivity index (χ2v) is 11.8. The van der Waals surface area contributed by atoms with Crippen LogP contribution in [0.5, 0.6) is 0 Å². The monoisotopic (exact) mass is 845 g/mol. The molecule has 1 aromatic rings. The molecule has 304 valence electrons. The summed E-state index contributed by atoms with van der Waals surface area (Å²) in [6, 6.07) is 6.30. The third-order valence-corrected chi connectivity index (χ3v) is 6.81. The number of Topliss-reactive ketones (excluding diaryl/α,β-unsaturated/α-hetero) is 2. The Balaban J connectivity index is -0.000000943. The Kier molecular flexibility index (Phi) is 29.5. The largest absolute Gasteiger partial charge is 0.480 e. The molecule has 0 radical (unpaired) electrons. The Morgan fingerprint density at radius 3 is 1.43 bits per heavy atom. The van der Waals surface area contributed by atoms with Gasteiger partial charge in [0.15, 0.2) is 11.6 Å². The minimum Gasteiger partial charge on any atom is -0.480 e. The van der Waals surface area contributed by atoms with Crippen molar-refractivity contribution in [2.24, 2.45) is 23.3 Å². The summed E-state index contributed by atoms with van der Waals surface area (Å²) in [5.74, 6) is -5.25. The second kappa shape index (κ2) is 29.3. The number of ether oxygens (including phenoxy) is 3. The molecule has 0 saturated heterocycles. The van der Waals surface area contributed by atoms with Crippen molar-refractivity contribution in [1.82, 2.24) is 21.3 Å². The van der Waals surface area contributed by atoms with E-state index in [9.17, 15) is 38.4 Å². The number of nitrogens with two attached hydrogens (primary N) is 2. The topological polar surface area (TPSA) is 285 Å². The van der Waals surface area contributed by atoms with Gasteiger partial charge in [-0.3, -0.25) is 28.8 Å². The van der Waals surface area contributed by atoms with Gasteiger partial charge in [-0.1, -0.05) is 44.2 Å². The van der Waals surface area contributed by atoms with Crippen LogP contribution in [0.1, 0.15) is 59.9 Å². The van der Waals surface area contributed by atoms with Crippen LogP contribution in [0.25, 0.3) is 0 Å². The zero-order valence-electron chi connectivity index (χ0n) is 31.2. The molecule has 0 aliphatic rings. The Bertz CT molecular complexity index is 1320. The van der Waals surface area contributed by atoms with Crippen molar-refractivity contribution in [3.63, 3.8) is 0 Å². The van der Waals surface area contributed by atoms with Gasteiger partial charge in [-0.15, -0.1) is 0 Å². The maximum absolute atomic E-state index is 12.1. The Morgan fingerprint density at radius 2 is 1.06 bits per heavy atom. The molecular formula is C34H55N6O12Pd-. The van der Waals surface area contributed by atoms with Crippen molar-refractivity contribution in [1.29, 1.82) is 0 Å². The molecule has 1 rings (SSSR count). The molecule has 0 aliphatic carbocycles. The van der Waals surface area contributed by atoms with E-state index in [0.717, 1.165) is 5.56 Å². The fraction of sp³-hybridized carbons (Fsp3) is 0.559. The van der Waals surface area contributed by atoms with E-state index in [0.29, 0.717) is 0 Å². The number of nitrogens with one attached hydrogen (secondary N) is 4. The van der Waals surface area contributed by atoms with Crippen LogP contribution in [0.2, 0.25) is 0 Å². The second-order valence-electron chi connectivity index (χ2n) is 11.8. The minimum absolute atomic E-state index is 0. The zero-order chi connectivity index (χ0) is 39.1. The van der Waals surface area contributed by atoms with Crippen molar-refractivity contribution in [3.05, 3.63) is 43.3 Å². The molecular weight excluding hydrogens is 791 g/mol. The number of carbonyl (C=O) groups is 8. The summed E-state index contributed by atoms with van der Waals surface area (Å²) >= 11 is 0. The van der Waals surface area contributed by atoms with E-state index in [-0.39, 0.29) is 78.9 Å². The van der Waals surface area contributed by atoms with Crippen LogP contribution >= 0.6 is 0 Å². The van der Waals surface area contributed by atoms with Gasteiger partial charge in [0.2, 0.25) is 23.6 Å². The predicted molar refractivity (Wildman–Crippen MR) is 188 cm³/mol. The Hall–Kier alpha value is -4.12. The van der Waals surface area contributed by atoms with Gasteiger partial charge >= 0.3 is 11.9 Å². The summed E-state index contributed by atoms with van der Waals surface area (Å²) in [6.45, 7) is 8.09. The normalized spacial score (nSPS) is 13.5. The van der Waals surface area contributed by atoms with Gasteiger partial charge in [0.25, 0.3) is 0 Å². The zero-order valence-corrected chi connectivity index (χ0v) is 32.8. The molecule has 6 atom stereocenters. The molecule has 0 aromatic heterocycles. The van der Waals surface area contributed by atoms with Gasteiger partial charge in [0.1, 0.15) is 33.3 Å². The first-order valence-electron chi connectivity index (χ1n) is 16.1. The van der Waals surface area contributed by atoms with E-state index in [1.165, 1.54) is 27.7 Å². The quantitative estimate of drug-likeness (QED) is 0.0251. The molecule has 1 aromatic carbocycles. The van der Waals surface area contributed by atoms with Crippen LogP contribution in [0.15, 0.2) is 30.3 Å². The molecule has 0 spiro atoms. The molecule has 0 fully saturated rings. The Labute approximate surface area is 324 Å². The maximum Gasteiger partial charge on any atom is 0.332 e. The molecule has 4 amide bonds. The van der Waals surface area contributed by atoms with Gasteiger partial charge in [-0.25, -0.2) is 9.59 Å². The number of hydrogen-bond donors (Lipinski definition) is 7. The van der Waals surface area contributed by atoms with Crippen molar-refractivity contribution in [2.45, 2.75) is 85.2 Å². The summed E-state index contributed by atoms with van der Waals surface area (Å²) in [7, 11) is 0. The van der Waals surface area contributed by atoms with E-state index >= 15 is 0 Å². The first kappa shape index (κ1) is 53.2.